The molecule has 0 fully saturated rings. The molecule has 4 heteroatoms. The molecular formula is C17H25N3S. The van der Waals surface area contributed by atoms with Crippen molar-refractivity contribution in [3.8, 4) is 0 Å². The molecule has 2 aromatic rings. The first-order chi connectivity index (χ1) is 10.3. The Morgan fingerprint density at radius 2 is 2.19 bits per heavy atom. The van der Waals surface area contributed by atoms with Gasteiger partial charge in [-0.05, 0) is 37.2 Å². The lowest BCUT2D eigenvalue weighted by molar-refractivity contribution is 0.509. The van der Waals surface area contributed by atoms with Crippen LogP contribution in [0.4, 0.5) is 5.82 Å². The van der Waals surface area contributed by atoms with E-state index >= 15 is 0 Å². The largest absolute Gasteiger partial charge is 0.369 e. The molecule has 2 heterocycles. The third kappa shape index (κ3) is 3.20. The Morgan fingerprint density at radius 1 is 1.29 bits per heavy atom. The molecule has 1 unspecified atom stereocenters. The summed E-state index contributed by atoms with van der Waals surface area (Å²) in [7, 11) is 0. The van der Waals surface area contributed by atoms with Crippen LogP contribution in [0.15, 0.2) is 6.33 Å². The Balaban J connectivity index is 1.79. The minimum absolute atomic E-state index is 0.809. The molecular weight excluding hydrogens is 278 g/mol. The first-order valence-electron chi connectivity index (χ1n) is 8.28. The van der Waals surface area contributed by atoms with Crippen LogP contribution in [-0.2, 0) is 12.8 Å². The van der Waals surface area contributed by atoms with Gasteiger partial charge in [-0.1, -0.05) is 33.1 Å². The van der Waals surface area contributed by atoms with Crippen molar-refractivity contribution in [2.24, 2.45) is 5.92 Å². The van der Waals surface area contributed by atoms with E-state index < -0.39 is 0 Å². The number of hydrogen-bond acceptors (Lipinski definition) is 4. The van der Waals surface area contributed by atoms with Crippen molar-refractivity contribution in [3.05, 3.63) is 16.8 Å². The van der Waals surface area contributed by atoms with Crippen molar-refractivity contribution < 1.29 is 0 Å². The molecule has 0 bridgehead atoms. The average molecular weight is 303 g/mol. The van der Waals surface area contributed by atoms with Crippen molar-refractivity contribution in [3.63, 3.8) is 0 Å². The number of unbranched alkanes of at least 4 members (excludes halogenated alkanes) is 3. The molecule has 0 amide bonds. The fourth-order valence-corrected chi connectivity index (χ4v) is 4.52. The van der Waals surface area contributed by atoms with Gasteiger partial charge in [0.15, 0.2) is 0 Å². The molecule has 0 spiro atoms. The van der Waals surface area contributed by atoms with Crippen molar-refractivity contribution in [2.45, 2.75) is 58.8 Å². The lowest BCUT2D eigenvalue weighted by atomic mass is 9.89. The maximum Gasteiger partial charge on any atom is 0.138 e. The summed E-state index contributed by atoms with van der Waals surface area (Å²) in [5, 5.41) is 4.86. The standard InChI is InChI=1S/C17H25N3S/c1-3-4-5-6-9-18-16-15-13-8-7-12(2)10-14(13)21-17(15)20-11-19-16/h11-12H,3-10H2,1-2H3,(H,18,19,20). The Kier molecular flexibility index (Phi) is 4.73. The predicted molar refractivity (Wildman–Crippen MR) is 91.2 cm³/mol. The second-order valence-electron chi connectivity index (χ2n) is 6.24. The van der Waals surface area contributed by atoms with E-state index in [1.807, 2.05) is 11.3 Å². The van der Waals surface area contributed by atoms with Gasteiger partial charge in [-0.15, -0.1) is 11.3 Å². The summed E-state index contributed by atoms with van der Waals surface area (Å²) in [4.78, 5) is 11.7. The molecule has 1 atom stereocenters. The highest BCUT2D eigenvalue weighted by molar-refractivity contribution is 7.19. The number of aromatic nitrogens is 2. The predicted octanol–water partition coefficient (Wildman–Crippen LogP) is 4.81. The first-order valence-corrected chi connectivity index (χ1v) is 9.10. The Morgan fingerprint density at radius 3 is 3.05 bits per heavy atom. The van der Waals surface area contributed by atoms with Crippen LogP contribution >= 0.6 is 11.3 Å². The van der Waals surface area contributed by atoms with Crippen LogP contribution in [0, 0.1) is 5.92 Å². The molecule has 0 saturated carbocycles. The van der Waals surface area contributed by atoms with E-state index in [0.29, 0.717) is 0 Å². The SMILES string of the molecule is CCCCCCNc1ncnc2sc3c(c12)CCC(C)C3. The highest BCUT2D eigenvalue weighted by Crippen LogP contribution is 2.39. The lowest BCUT2D eigenvalue weighted by Crippen LogP contribution is -2.09. The molecule has 1 aliphatic carbocycles. The number of fused-ring (bicyclic) bond motifs is 3. The summed E-state index contributed by atoms with van der Waals surface area (Å²) in [6.07, 6.45) is 10.5. The number of hydrogen-bond donors (Lipinski definition) is 1. The zero-order valence-corrected chi connectivity index (χ0v) is 13.9. The van der Waals surface area contributed by atoms with Crippen LogP contribution in [-0.4, -0.2) is 16.5 Å². The van der Waals surface area contributed by atoms with Crippen LogP contribution in [0.5, 0.6) is 0 Å². The van der Waals surface area contributed by atoms with Gasteiger partial charge in [-0.2, -0.15) is 0 Å². The van der Waals surface area contributed by atoms with Crippen LogP contribution in [0.2, 0.25) is 0 Å². The van der Waals surface area contributed by atoms with Gasteiger partial charge >= 0.3 is 0 Å². The second-order valence-corrected chi connectivity index (χ2v) is 7.33. The van der Waals surface area contributed by atoms with Crippen molar-refractivity contribution in [1.82, 2.24) is 9.97 Å². The molecule has 0 aromatic carbocycles. The van der Waals surface area contributed by atoms with Crippen LogP contribution < -0.4 is 5.32 Å². The summed E-state index contributed by atoms with van der Waals surface area (Å²) in [5.41, 5.74) is 1.52. The number of aryl methyl sites for hydroxylation is 1. The zero-order chi connectivity index (χ0) is 14.7. The van der Waals surface area contributed by atoms with E-state index in [2.05, 4.69) is 29.1 Å². The molecule has 0 radical (unpaired) electrons. The van der Waals surface area contributed by atoms with E-state index in [1.54, 1.807) is 11.2 Å². The number of rotatable bonds is 6. The van der Waals surface area contributed by atoms with Crippen LogP contribution in [0.1, 0.15) is 56.4 Å². The van der Waals surface area contributed by atoms with Gasteiger partial charge in [0.1, 0.15) is 17.0 Å². The van der Waals surface area contributed by atoms with Gasteiger partial charge < -0.3 is 5.32 Å². The summed E-state index contributed by atoms with van der Waals surface area (Å²) in [5.74, 6) is 1.87. The molecule has 0 saturated heterocycles. The lowest BCUT2D eigenvalue weighted by Gasteiger charge is -2.18. The Bertz CT molecular complexity index is 605. The number of thiophene rings is 1. The monoisotopic (exact) mass is 303 g/mol. The molecule has 0 aliphatic heterocycles. The maximum atomic E-state index is 4.51. The summed E-state index contributed by atoms with van der Waals surface area (Å²) >= 11 is 1.87. The Labute approximate surface area is 131 Å². The number of anilines is 1. The second kappa shape index (κ2) is 6.73. The van der Waals surface area contributed by atoms with E-state index in [4.69, 9.17) is 0 Å². The fourth-order valence-electron chi connectivity index (χ4n) is 3.17. The normalized spacial score (nSPS) is 17.9. The van der Waals surface area contributed by atoms with Gasteiger partial charge in [0.05, 0.1) is 5.39 Å². The van der Waals surface area contributed by atoms with Crippen LogP contribution in [0.3, 0.4) is 0 Å². The minimum atomic E-state index is 0.809. The molecule has 3 rings (SSSR count). The van der Waals surface area contributed by atoms with E-state index in [9.17, 15) is 0 Å². The summed E-state index contributed by atoms with van der Waals surface area (Å²) in [6, 6.07) is 0. The summed E-state index contributed by atoms with van der Waals surface area (Å²) in [6.45, 7) is 5.62. The Hall–Kier alpha value is -1.16. The maximum absolute atomic E-state index is 4.51. The van der Waals surface area contributed by atoms with Crippen molar-refractivity contribution in [1.29, 1.82) is 0 Å². The van der Waals surface area contributed by atoms with Crippen molar-refractivity contribution >= 4 is 27.4 Å². The summed E-state index contributed by atoms with van der Waals surface area (Å²) < 4.78 is 0. The molecule has 21 heavy (non-hydrogen) atoms. The third-order valence-corrected chi connectivity index (χ3v) is 5.58. The van der Waals surface area contributed by atoms with E-state index in [1.165, 1.54) is 60.7 Å². The number of nitrogens with one attached hydrogen (secondary N) is 1. The van der Waals surface area contributed by atoms with Gasteiger partial charge in [0.25, 0.3) is 0 Å². The molecule has 114 valence electrons. The highest BCUT2D eigenvalue weighted by Gasteiger charge is 2.22. The fraction of sp³-hybridized carbons (Fsp3) is 0.647. The quantitative estimate of drug-likeness (QED) is 0.778. The smallest absolute Gasteiger partial charge is 0.138 e. The highest BCUT2D eigenvalue weighted by atomic mass is 32.1. The minimum Gasteiger partial charge on any atom is -0.369 e. The topological polar surface area (TPSA) is 37.8 Å². The van der Waals surface area contributed by atoms with Gasteiger partial charge in [-0.25, -0.2) is 9.97 Å². The van der Waals surface area contributed by atoms with Crippen LogP contribution in [0.25, 0.3) is 10.2 Å². The van der Waals surface area contributed by atoms with E-state index in [-0.39, 0.29) is 0 Å². The van der Waals surface area contributed by atoms with Gasteiger partial charge in [0, 0.05) is 11.4 Å². The van der Waals surface area contributed by atoms with Gasteiger partial charge in [-0.3, -0.25) is 0 Å². The van der Waals surface area contributed by atoms with Crippen molar-refractivity contribution in [2.75, 3.05) is 11.9 Å². The first kappa shape index (κ1) is 14.8. The molecule has 2 aromatic heterocycles. The molecule has 3 nitrogen and oxygen atoms in total. The third-order valence-electron chi connectivity index (χ3n) is 4.41. The molecule has 1 aliphatic rings. The molecule has 1 N–H and O–H groups in total. The average Bonchev–Trinajstić information content (AvgIpc) is 2.85. The van der Waals surface area contributed by atoms with Gasteiger partial charge in [0.2, 0.25) is 0 Å². The number of nitrogens with zero attached hydrogens (tertiary/aromatic N) is 2. The zero-order valence-electron chi connectivity index (χ0n) is 13.1. The van der Waals surface area contributed by atoms with E-state index in [0.717, 1.165) is 18.3 Å².